The molecule has 3 nitrogen and oxygen atoms in total. The predicted molar refractivity (Wildman–Crippen MR) is 69.8 cm³/mol. The van der Waals surface area contributed by atoms with Crippen LogP contribution < -0.4 is 5.32 Å². The van der Waals surface area contributed by atoms with Crippen molar-refractivity contribution < 1.29 is 9.53 Å². The third kappa shape index (κ3) is 4.83. The van der Waals surface area contributed by atoms with Gasteiger partial charge in [0.15, 0.2) is 0 Å². The molecule has 0 aliphatic heterocycles. The first kappa shape index (κ1) is 13.5. The zero-order valence-corrected chi connectivity index (χ0v) is 10.6. The fraction of sp³-hybridized carbons (Fsp3) is 0.357. The van der Waals surface area contributed by atoms with Gasteiger partial charge in [-0.2, -0.15) is 0 Å². The Hall–Kier alpha value is -1.61. The number of carbonyl (C=O) groups excluding carboxylic acids is 1. The van der Waals surface area contributed by atoms with Gasteiger partial charge >= 0.3 is 0 Å². The summed E-state index contributed by atoms with van der Waals surface area (Å²) in [5, 5.41) is 2.76. The molecule has 0 saturated heterocycles. The van der Waals surface area contributed by atoms with Crippen LogP contribution in [0.15, 0.2) is 36.9 Å². The monoisotopic (exact) mass is 233 g/mol. The second-order valence-corrected chi connectivity index (χ2v) is 4.75. The molecule has 0 unspecified atom stereocenters. The van der Waals surface area contributed by atoms with Crippen LogP contribution in [0.5, 0.6) is 0 Å². The molecule has 0 aromatic heterocycles. The highest BCUT2D eigenvalue weighted by Gasteiger charge is 2.12. The Morgan fingerprint density at radius 1 is 1.41 bits per heavy atom. The highest BCUT2D eigenvalue weighted by Crippen LogP contribution is 2.19. The molecule has 1 rings (SSSR count). The molecule has 1 amide bonds. The molecule has 0 fully saturated rings. The van der Waals surface area contributed by atoms with Crippen molar-refractivity contribution >= 4 is 11.6 Å². The van der Waals surface area contributed by atoms with Crippen LogP contribution in [0.2, 0.25) is 0 Å². The van der Waals surface area contributed by atoms with Gasteiger partial charge < -0.3 is 10.1 Å². The maximum absolute atomic E-state index is 11.3. The molecule has 0 atom stereocenters. The van der Waals surface area contributed by atoms with Crippen LogP contribution in [0.25, 0.3) is 0 Å². The number of rotatable bonds is 4. The Labute approximate surface area is 102 Å². The van der Waals surface area contributed by atoms with Crippen LogP contribution in [-0.4, -0.2) is 11.5 Å². The average molecular weight is 233 g/mol. The Bertz CT molecular complexity index is 405. The van der Waals surface area contributed by atoms with Crippen molar-refractivity contribution in [3.63, 3.8) is 0 Å². The Kier molecular flexibility index (Phi) is 4.46. The standard InChI is InChI=1S/C14H19NO2/c1-5-13(16)15-12-9-7-6-8-11(12)10-17-14(2,3)4/h5-9H,1,10H2,2-4H3,(H,15,16). The molecule has 0 heterocycles. The van der Waals surface area contributed by atoms with E-state index in [0.717, 1.165) is 11.3 Å². The Balaban J connectivity index is 2.77. The summed E-state index contributed by atoms with van der Waals surface area (Å²) < 4.78 is 5.69. The first-order valence-electron chi connectivity index (χ1n) is 5.57. The quantitative estimate of drug-likeness (QED) is 0.811. The highest BCUT2D eigenvalue weighted by molar-refractivity contribution is 5.99. The summed E-state index contributed by atoms with van der Waals surface area (Å²) in [7, 11) is 0. The lowest BCUT2D eigenvalue weighted by molar-refractivity contribution is -0.111. The number of carbonyl (C=O) groups is 1. The fourth-order valence-corrected chi connectivity index (χ4v) is 1.25. The van der Waals surface area contributed by atoms with Gasteiger partial charge in [0.1, 0.15) is 0 Å². The molecule has 1 aromatic rings. The number of hydrogen-bond acceptors (Lipinski definition) is 2. The highest BCUT2D eigenvalue weighted by atomic mass is 16.5. The molecule has 0 bridgehead atoms. The third-order valence-electron chi connectivity index (χ3n) is 2.12. The van der Waals surface area contributed by atoms with Gasteiger partial charge in [-0.05, 0) is 32.9 Å². The van der Waals surface area contributed by atoms with E-state index in [4.69, 9.17) is 4.74 Å². The number of nitrogens with one attached hydrogen (secondary N) is 1. The summed E-state index contributed by atoms with van der Waals surface area (Å²) in [5.41, 5.74) is 1.52. The van der Waals surface area contributed by atoms with E-state index in [2.05, 4.69) is 11.9 Å². The SMILES string of the molecule is C=CC(=O)Nc1ccccc1COC(C)(C)C. The molecule has 0 aliphatic carbocycles. The van der Waals surface area contributed by atoms with E-state index in [0.29, 0.717) is 6.61 Å². The van der Waals surface area contributed by atoms with E-state index in [1.165, 1.54) is 6.08 Å². The van der Waals surface area contributed by atoms with Crippen LogP contribution in [0.1, 0.15) is 26.3 Å². The molecule has 3 heteroatoms. The maximum atomic E-state index is 11.3. The maximum Gasteiger partial charge on any atom is 0.247 e. The molecule has 0 saturated carbocycles. The van der Waals surface area contributed by atoms with Crippen LogP contribution in [0.3, 0.4) is 0 Å². The lowest BCUT2D eigenvalue weighted by Crippen LogP contribution is -2.19. The summed E-state index contributed by atoms with van der Waals surface area (Å²) >= 11 is 0. The van der Waals surface area contributed by atoms with E-state index in [-0.39, 0.29) is 11.5 Å². The van der Waals surface area contributed by atoms with Crippen molar-refractivity contribution in [2.75, 3.05) is 5.32 Å². The molecular weight excluding hydrogens is 214 g/mol. The summed E-state index contributed by atoms with van der Waals surface area (Å²) in [5.74, 6) is -0.215. The van der Waals surface area contributed by atoms with Gasteiger partial charge in [0.05, 0.1) is 12.2 Å². The lowest BCUT2D eigenvalue weighted by atomic mass is 10.1. The molecule has 0 spiro atoms. The molecule has 1 N–H and O–H groups in total. The van der Waals surface area contributed by atoms with Gasteiger partial charge in [0.2, 0.25) is 5.91 Å². The number of amides is 1. The van der Waals surface area contributed by atoms with Gasteiger partial charge in [-0.15, -0.1) is 0 Å². The van der Waals surface area contributed by atoms with Crippen LogP contribution in [-0.2, 0) is 16.1 Å². The smallest absolute Gasteiger partial charge is 0.247 e. The van der Waals surface area contributed by atoms with E-state index >= 15 is 0 Å². The minimum absolute atomic E-state index is 0.199. The van der Waals surface area contributed by atoms with Crippen molar-refractivity contribution in [1.29, 1.82) is 0 Å². The third-order valence-corrected chi connectivity index (χ3v) is 2.12. The van der Waals surface area contributed by atoms with Gasteiger partial charge in [0.25, 0.3) is 0 Å². The van der Waals surface area contributed by atoms with E-state index < -0.39 is 0 Å². The lowest BCUT2D eigenvalue weighted by Gasteiger charge is -2.20. The molecule has 0 aliphatic rings. The van der Waals surface area contributed by atoms with Crippen LogP contribution >= 0.6 is 0 Å². The topological polar surface area (TPSA) is 38.3 Å². The zero-order chi connectivity index (χ0) is 12.9. The molecule has 0 radical (unpaired) electrons. The summed E-state index contributed by atoms with van der Waals surface area (Å²) in [4.78, 5) is 11.3. The van der Waals surface area contributed by atoms with Crippen molar-refractivity contribution in [3.05, 3.63) is 42.5 Å². The van der Waals surface area contributed by atoms with Crippen LogP contribution in [0, 0.1) is 0 Å². The fourth-order valence-electron chi connectivity index (χ4n) is 1.25. The largest absolute Gasteiger partial charge is 0.371 e. The number of ether oxygens (including phenoxy) is 1. The van der Waals surface area contributed by atoms with Crippen molar-refractivity contribution in [3.8, 4) is 0 Å². The van der Waals surface area contributed by atoms with E-state index in [1.807, 2.05) is 45.0 Å². The number of para-hydroxylation sites is 1. The van der Waals surface area contributed by atoms with Gasteiger partial charge in [-0.1, -0.05) is 24.8 Å². The Morgan fingerprint density at radius 2 is 2.06 bits per heavy atom. The predicted octanol–water partition coefficient (Wildman–Crippen LogP) is 3.13. The second-order valence-electron chi connectivity index (χ2n) is 4.75. The average Bonchev–Trinajstić information content (AvgIpc) is 2.26. The minimum atomic E-state index is -0.215. The summed E-state index contributed by atoms with van der Waals surface area (Å²) in [6.07, 6.45) is 1.25. The van der Waals surface area contributed by atoms with E-state index in [1.54, 1.807) is 0 Å². The zero-order valence-electron chi connectivity index (χ0n) is 10.6. The van der Waals surface area contributed by atoms with Crippen LogP contribution in [0.4, 0.5) is 5.69 Å². The normalized spacial score (nSPS) is 11.0. The first-order valence-corrected chi connectivity index (χ1v) is 5.57. The van der Waals surface area contributed by atoms with Crippen molar-refractivity contribution in [2.45, 2.75) is 33.0 Å². The molecule has 92 valence electrons. The summed E-state index contributed by atoms with van der Waals surface area (Å²) in [6, 6.07) is 7.58. The van der Waals surface area contributed by atoms with Gasteiger partial charge in [-0.3, -0.25) is 4.79 Å². The second kappa shape index (κ2) is 5.64. The molecule has 17 heavy (non-hydrogen) atoms. The van der Waals surface area contributed by atoms with Gasteiger partial charge in [0, 0.05) is 11.3 Å². The number of benzene rings is 1. The first-order chi connectivity index (χ1) is 7.92. The molecule has 1 aromatic carbocycles. The summed E-state index contributed by atoms with van der Waals surface area (Å²) in [6.45, 7) is 9.89. The number of hydrogen-bond donors (Lipinski definition) is 1. The van der Waals surface area contributed by atoms with E-state index in [9.17, 15) is 4.79 Å². The van der Waals surface area contributed by atoms with Crippen molar-refractivity contribution in [2.24, 2.45) is 0 Å². The molecular formula is C14H19NO2. The Morgan fingerprint density at radius 3 is 2.65 bits per heavy atom. The van der Waals surface area contributed by atoms with Gasteiger partial charge in [-0.25, -0.2) is 0 Å². The van der Waals surface area contributed by atoms with Crippen molar-refractivity contribution in [1.82, 2.24) is 0 Å². The number of anilines is 1. The minimum Gasteiger partial charge on any atom is -0.371 e.